The maximum atomic E-state index is 12.6. The van der Waals surface area contributed by atoms with E-state index in [4.69, 9.17) is 4.74 Å². The highest BCUT2D eigenvalue weighted by Gasteiger charge is 2.23. The fourth-order valence-corrected chi connectivity index (χ4v) is 2.39. The summed E-state index contributed by atoms with van der Waals surface area (Å²) in [5.74, 6) is -1.72. The number of hydrogen-bond acceptors (Lipinski definition) is 5. The lowest BCUT2D eigenvalue weighted by Crippen LogP contribution is -2.24. The second-order valence-electron chi connectivity index (χ2n) is 5.20. The van der Waals surface area contributed by atoms with Crippen LogP contribution in [0.15, 0.2) is 36.4 Å². The molecule has 6 heteroatoms. The number of Topliss-reactive ketones (excluding diaryl/α,β-unsaturated/α-hetero) is 1. The van der Waals surface area contributed by atoms with Crippen LogP contribution in [0.1, 0.15) is 29.9 Å². The molecule has 126 valence electrons. The van der Waals surface area contributed by atoms with E-state index in [1.807, 2.05) is 24.3 Å². The Kier molecular flexibility index (Phi) is 5.52. The summed E-state index contributed by atoms with van der Waals surface area (Å²) >= 11 is 0. The molecule has 0 fully saturated rings. The lowest BCUT2D eigenvalue weighted by molar-refractivity contribution is -0.141. The minimum absolute atomic E-state index is 0.215. The number of aryl methyl sites for hydroxylation is 1. The van der Waals surface area contributed by atoms with Crippen LogP contribution in [0.5, 0.6) is 0 Å². The van der Waals surface area contributed by atoms with E-state index < -0.39 is 18.0 Å². The van der Waals surface area contributed by atoms with Gasteiger partial charge in [0.25, 0.3) is 0 Å². The predicted molar refractivity (Wildman–Crippen MR) is 88.7 cm³/mol. The van der Waals surface area contributed by atoms with Crippen LogP contribution >= 0.6 is 0 Å². The van der Waals surface area contributed by atoms with E-state index in [1.165, 1.54) is 6.92 Å². The smallest absolute Gasteiger partial charge is 0.331 e. The van der Waals surface area contributed by atoms with Crippen molar-refractivity contribution in [3.63, 3.8) is 0 Å². The lowest BCUT2D eigenvalue weighted by atomic mass is 10.0. The van der Waals surface area contributed by atoms with Crippen molar-refractivity contribution >= 4 is 28.6 Å². The van der Waals surface area contributed by atoms with Gasteiger partial charge in [-0.25, -0.2) is 9.59 Å². The first-order valence-corrected chi connectivity index (χ1v) is 7.61. The van der Waals surface area contributed by atoms with Gasteiger partial charge in [-0.05, 0) is 26.8 Å². The Hall–Kier alpha value is -2.89. The van der Waals surface area contributed by atoms with Gasteiger partial charge in [-0.2, -0.15) is 0 Å². The molecule has 1 aromatic heterocycles. The summed E-state index contributed by atoms with van der Waals surface area (Å²) in [5, 5.41) is 0.782. The van der Waals surface area contributed by atoms with Crippen molar-refractivity contribution in [2.45, 2.75) is 26.9 Å². The first-order chi connectivity index (χ1) is 11.4. The number of nitrogens with one attached hydrogen (secondary N) is 1. The largest absolute Gasteiger partial charge is 0.463 e. The van der Waals surface area contributed by atoms with Gasteiger partial charge in [-0.3, -0.25) is 4.79 Å². The van der Waals surface area contributed by atoms with Crippen molar-refractivity contribution in [3.8, 4) is 0 Å². The molecule has 0 unspecified atom stereocenters. The number of ether oxygens (including phenoxy) is 2. The number of hydrogen-bond donors (Lipinski definition) is 1. The number of fused-ring (bicyclic) bond motifs is 1. The summed E-state index contributed by atoms with van der Waals surface area (Å²) < 4.78 is 9.73. The second-order valence-corrected chi connectivity index (χ2v) is 5.20. The van der Waals surface area contributed by atoms with Gasteiger partial charge < -0.3 is 14.5 Å². The number of rotatable bonds is 6. The third kappa shape index (κ3) is 3.90. The molecule has 2 aromatic rings. The Labute approximate surface area is 139 Å². The maximum Gasteiger partial charge on any atom is 0.331 e. The molecule has 1 aromatic carbocycles. The van der Waals surface area contributed by atoms with Crippen LogP contribution in [-0.4, -0.2) is 35.4 Å². The third-order valence-corrected chi connectivity index (χ3v) is 3.44. The van der Waals surface area contributed by atoms with E-state index in [-0.39, 0.29) is 12.4 Å². The monoisotopic (exact) mass is 329 g/mol. The maximum absolute atomic E-state index is 12.6. The molecular formula is C18H19NO5. The SMILES string of the molecule is CCOC(=O)/C=C/C(=O)O[C@H](C)C(=O)c1c(C)[nH]c2ccccc12. The highest BCUT2D eigenvalue weighted by Crippen LogP contribution is 2.23. The van der Waals surface area contributed by atoms with Crippen LogP contribution in [-0.2, 0) is 19.1 Å². The Morgan fingerprint density at radius 1 is 1.17 bits per heavy atom. The molecule has 24 heavy (non-hydrogen) atoms. The van der Waals surface area contributed by atoms with Crippen molar-refractivity contribution in [1.82, 2.24) is 4.98 Å². The second kappa shape index (κ2) is 7.59. The lowest BCUT2D eigenvalue weighted by Gasteiger charge is -2.11. The fourth-order valence-electron chi connectivity index (χ4n) is 2.39. The van der Waals surface area contributed by atoms with E-state index >= 15 is 0 Å². The van der Waals surface area contributed by atoms with Crippen LogP contribution in [0.3, 0.4) is 0 Å². The van der Waals surface area contributed by atoms with Crippen LogP contribution in [0.25, 0.3) is 10.9 Å². The fraction of sp³-hybridized carbons (Fsp3) is 0.278. The molecule has 0 aliphatic heterocycles. The van der Waals surface area contributed by atoms with Crippen molar-refractivity contribution in [2.75, 3.05) is 6.61 Å². The highest BCUT2D eigenvalue weighted by molar-refractivity contribution is 6.11. The number of carbonyl (C=O) groups excluding carboxylic acids is 3. The molecule has 0 aliphatic carbocycles. The average molecular weight is 329 g/mol. The summed E-state index contributed by atoms with van der Waals surface area (Å²) in [7, 11) is 0. The number of benzene rings is 1. The average Bonchev–Trinajstić information content (AvgIpc) is 2.88. The number of esters is 2. The van der Waals surface area contributed by atoms with Gasteiger partial charge in [0, 0.05) is 34.3 Å². The normalized spacial score (nSPS) is 12.3. The molecule has 1 atom stereocenters. The molecule has 0 saturated carbocycles. The molecule has 0 bridgehead atoms. The molecule has 1 N–H and O–H groups in total. The Bertz CT molecular complexity index is 803. The van der Waals surface area contributed by atoms with Gasteiger partial charge in [0.2, 0.25) is 5.78 Å². The number of aromatic nitrogens is 1. The van der Waals surface area contributed by atoms with Crippen LogP contribution < -0.4 is 0 Å². The van der Waals surface area contributed by atoms with Crippen molar-refractivity contribution in [1.29, 1.82) is 0 Å². The van der Waals surface area contributed by atoms with Gasteiger partial charge in [0.1, 0.15) is 0 Å². The third-order valence-electron chi connectivity index (χ3n) is 3.44. The molecular weight excluding hydrogens is 310 g/mol. The van der Waals surface area contributed by atoms with Crippen molar-refractivity contribution < 1.29 is 23.9 Å². The topological polar surface area (TPSA) is 85.5 Å². The van der Waals surface area contributed by atoms with E-state index in [0.717, 1.165) is 23.1 Å². The van der Waals surface area contributed by atoms with Gasteiger partial charge in [-0.15, -0.1) is 0 Å². The van der Waals surface area contributed by atoms with Gasteiger partial charge >= 0.3 is 11.9 Å². The number of para-hydroxylation sites is 1. The van der Waals surface area contributed by atoms with Crippen LogP contribution in [0, 0.1) is 6.92 Å². The molecule has 0 spiro atoms. The summed E-state index contributed by atoms with van der Waals surface area (Å²) in [6, 6.07) is 7.42. The van der Waals surface area contributed by atoms with Crippen molar-refractivity contribution in [2.24, 2.45) is 0 Å². The molecule has 6 nitrogen and oxygen atoms in total. The Balaban J connectivity index is 2.10. The summed E-state index contributed by atoms with van der Waals surface area (Å²) in [6.07, 6.45) is 0.950. The minimum Gasteiger partial charge on any atom is -0.463 e. The van der Waals surface area contributed by atoms with Gasteiger partial charge in [0.15, 0.2) is 6.10 Å². The number of aromatic amines is 1. The zero-order chi connectivity index (χ0) is 17.7. The summed E-state index contributed by atoms with van der Waals surface area (Å²) in [4.78, 5) is 38.6. The Morgan fingerprint density at radius 2 is 1.83 bits per heavy atom. The molecule has 0 amide bonds. The summed E-state index contributed by atoms with van der Waals surface area (Å²) in [5.41, 5.74) is 2.06. The molecule has 1 heterocycles. The zero-order valence-corrected chi connectivity index (χ0v) is 13.8. The van der Waals surface area contributed by atoms with E-state index in [1.54, 1.807) is 13.8 Å². The van der Waals surface area contributed by atoms with E-state index in [9.17, 15) is 14.4 Å². The van der Waals surface area contributed by atoms with Crippen molar-refractivity contribution in [3.05, 3.63) is 47.7 Å². The number of ketones is 1. The molecule has 0 saturated heterocycles. The number of H-pyrrole nitrogens is 1. The highest BCUT2D eigenvalue weighted by atomic mass is 16.5. The van der Waals surface area contributed by atoms with Gasteiger partial charge in [-0.1, -0.05) is 18.2 Å². The quantitative estimate of drug-likeness (QED) is 0.500. The summed E-state index contributed by atoms with van der Waals surface area (Å²) in [6.45, 7) is 5.17. The first-order valence-electron chi connectivity index (χ1n) is 7.61. The zero-order valence-electron chi connectivity index (χ0n) is 13.8. The minimum atomic E-state index is -0.970. The van der Waals surface area contributed by atoms with E-state index in [0.29, 0.717) is 11.3 Å². The van der Waals surface area contributed by atoms with Gasteiger partial charge in [0.05, 0.1) is 6.61 Å². The van der Waals surface area contributed by atoms with Crippen LogP contribution in [0.2, 0.25) is 0 Å². The predicted octanol–water partition coefficient (Wildman–Crippen LogP) is 2.71. The standard InChI is InChI=1S/C18H19NO5/c1-4-23-15(20)9-10-16(21)24-12(3)18(22)17-11(2)19-14-8-6-5-7-13(14)17/h5-10,12,19H,4H2,1-3H3/b10-9+/t12-/m1/s1. The van der Waals surface area contributed by atoms with E-state index in [2.05, 4.69) is 9.72 Å². The first kappa shape index (κ1) is 17.5. The molecule has 0 aliphatic rings. The molecule has 2 rings (SSSR count). The molecule has 0 radical (unpaired) electrons. The number of carbonyl (C=O) groups is 3. The van der Waals surface area contributed by atoms with Crippen LogP contribution in [0.4, 0.5) is 0 Å². The Morgan fingerprint density at radius 3 is 2.54 bits per heavy atom.